The van der Waals surface area contributed by atoms with Gasteiger partial charge < -0.3 is 24.8 Å². The number of halogens is 2. The first-order valence-corrected chi connectivity index (χ1v) is 13.2. The van der Waals surface area contributed by atoms with Gasteiger partial charge in [-0.1, -0.05) is 52.4 Å². The maximum atomic E-state index is 3.30. The van der Waals surface area contributed by atoms with Crippen LogP contribution in [0.2, 0.25) is 0 Å². The molecular formula is C31H36Cl2Zr-2. The maximum absolute atomic E-state index is 3.30. The molecule has 2 aromatic carbocycles. The Morgan fingerprint density at radius 1 is 0.676 bits per heavy atom. The van der Waals surface area contributed by atoms with Gasteiger partial charge in [-0.2, -0.15) is 12.2 Å². The van der Waals surface area contributed by atoms with Gasteiger partial charge in [-0.25, -0.2) is 23.3 Å². The second-order valence-corrected chi connectivity index (χ2v) is 9.16. The Morgan fingerprint density at radius 3 is 1.35 bits per heavy atom. The summed E-state index contributed by atoms with van der Waals surface area (Å²) >= 11 is 1.46. The van der Waals surface area contributed by atoms with Gasteiger partial charge in [0.25, 0.3) is 0 Å². The molecule has 3 heteroatoms. The average molecular weight is 571 g/mol. The molecule has 0 aliphatic heterocycles. The van der Waals surface area contributed by atoms with Gasteiger partial charge in [-0.3, -0.25) is 12.2 Å². The summed E-state index contributed by atoms with van der Waals surface area (Å²) in [4.78, 5) is 0. The van der Waals surface area contributed by atoms with E-state index in [0.717, 1.165) is 12.8 Å². The molecule has 0 amide bonds. The van der Waals surface area contributed by atoms with Crippen molar-refractivity contribution in [3.05, 3.63) is 119 Å². The topological polar surface area (TPSA) is 0 Å². The fourth-order valence-corrected chi connectivity index (χ4v) is 4.17. The van der Waals surface area contributed by atoms with Crippen LogP contribution in [0.1, 0.15) is 76.3 Å². The standard InChI is InChI=1S/C13H10.2C9H13.2ClH.Zr/c1-3-7-12(8-4-1)11-13-9-5-2-6-10-13;2*1-2-3-6-9-7-4-5-8-9;;;/h1-10H;2*4,7H,2-3,5-6H2,1H3;2*1H;/q;2*-1;;;+2/p-2. The molecule has 0 heterocycles. The van der Waals surface area contributed by atoms with Crippen LogP contribution >= 0.6 is 0 Å². The Labute approximate surface area is 235 Å². The first kappa shape index (κ1) is 32.7. The summed E-state index contributed by atoms with van der Waals surface area (Å²) in [5.74, 6) is 0. The van der Waals surface area contributed by atoms with Crippen molar-refractivity contribution in [1.29, 1.82) is 0 Å². The second kappa shape index (κ2) is 21.1. The fourth-order valence-electron chi connectivity index (χ4n) is 3.35. The number of unbranched alkanes of at least 4 members (excludes halogenated alkanes) is 2. The van der Waals surface area contributed by atoms with Crippen LogP contribution in [0, 0.1) is 12.2 Å². The van der Waals surface area contributed by atoms with Crippen molar-refractivity contribution in [1.82, 2.24) is 0 Å². The molecule has 2 aliphatic rings. The third kappa shape index (κ3) is 13.6. The molecule has 0 aromatic heterocycles. The van der Waals surface area contributed by atoms with Crippen LogP contribution in [0.5, 0.6) is 0 Å². The molecule has 0 saturated carbocycles. The van der Waals surface area contributed by atoms with Crippen LogP contribution in [0.25, 0.3) is 0 Å². The van der Waals surface area contributed by atoms with Crippen LogP contribution in [-0.2, 0) is 24.2 Å². The normalized spacial score (nSPS) is 12.7. The minimum atomic E-state index is 0. The van der Waals surface area contributed by atoms with E-state index in [-0.39, 0.29) is 24.8 Å². The monoisotopic (exact) mass is 568 g/mol. The van der Waals surface area contributed by atoms with Gasteiger partial charge in [0.1, 0.15) is 0 Å². The number of allylic oxidation sites excluding steroid dienone is 8. The molecule has 2 aliphatic carbocycles. The van der Waals surface area contributed by atoms with E-state index < -0.39 is 0 Å². The summed E-state index contributed by atoms with van der Waals surface area (Å²) in [6, 6.07) is 21.1. The van der Waals surface area contributed by atoms with Crippen molar-refractivity contribution in [2.24, 2.45) is 0 Å². The van der Waals surface area contributed by atoms with Crippen molar-refractivity contribution in [3.8, 4) is 0 Å². The van der Waals surface area contributed by atoms with Gasteiger partial charge in [0, 0.05) is 0 Å². The van der Waals surface area contributed by atoms with E-state index >= 15 is 0 Å². The van der Waals surface area contributed by atoms with Crippen molar-refractivity contribution in [3.63, 3.8) is 0 Å². The van der Waals surface area contributed by atoms with Crippen LogP contribution in [-0.4, -0.2) is 3.21 Å². The van der Waals surface area contributed by atoms with Gasteiger partial charge >= 0.3 is 99.2 Å². The molecule has 0 spiro atoms. The molecule has 0 N–H and O–H groups in total. The van der Waals surface area contributed by atoms with E-state index in [9.17, 15) is 0 Å². The molecule has 0 radical (unpaired) electrons. The molecule has 180 valence electrons. The predicted octanol–water partition coefficient (Wildman–Crippen LogP) is 2.54. The molecule has 0 atom stereocenters. The Bertz CT molecular complexity index is 833. The van der Waals surface area contributed by atoms with E-state index in [1.165, 1.54) is 88.2 Å². The van der Waals surface area contributed by atoms with E-state index in [1.54, 1.807) is 0 Å². The molecule has 0 bridgehead atoms. The number of hydrogen-bond acceptors (Lipinski definition) is 0. The Balaban J connectivity index is 0.000000485. The fraction of sp³-hybridized carbons (Fsp3) is 0.323. The molecule has 4 rings (SSSR count). The Kier molecular flexibility index (Phi) is 20.3. The summed E-state index contributed by atoms with van der Waals surface area (Å²) in [5.41, 5.74) is 5.49. The number of rotatable bonds is 8. The minimum absolute atomic E-state index is 0. The molecule has 0 fully saturated rings. The zero-order valence-electron chi connectivity index (χ0n) is 20.5. The van der Waals surface area contributed by atoms with Crippen molar-refractivity contribution in [2.75, 3.05) is 0 Å². The quantitative estimate of drug-likeness (QED) is 0.428. The Hall–Kier alpha value is -1.27. The Morgan fingerprint density at radius 2 is 1.06 bits per heavy atom. The third-order valence-corrected chi connectivity index (χ3v) is 6.68. The van der Waals surface area contributed by atoms with E-state index in [1.807, 2.05) is 0 Å². The molecular weight excluding hydrogens is 534 g/mol. The van der Waals surface area contributed by atoms with E-state index in [0.29, 0.717) is 0 Å². The molecule has 0 saturated heterocycles. The summed E-state index contributed by atoms with van der Waals surface area (Å²) < 4.78 is 1.42. The third-order valence-electron chi connectivity index (χ3n) is 5.26. The first-order valence-electron chi connectivity index (χ1n) is 12.0. The van der Waals surface area contributed by atoms with E-state index in [4.69, 9.17) is 0 Å². The SMILES string of the molecule is CCCCC1=[C-]CC=C1.CCCCC1=[C-]CC=C1.[Cl-].[Cl-].[Zr+2]=[C](c1ccccc1)c1ccccc1. The van der Waals surface area contributed by atoms with Crippen LogP contribution in [0.15, 0.2) is 96.1 Å². The predicted molar refractivity (Wildman–Crippen MR) is 136 cm³/mol. The van der Waals surface area contributed by atoms with Crippen molar-refractivity contribution in [2.45, 2.75) is 65.2 Å². The van der Waals surface area contributed by atoms with Crippen molar-refractivity contribution >= 4 is 3.21 Å². The second-order valence-electron chi connectivity index (χ2n) is 7.93. The van der Waals surface area contributed by atoms with Crippen LogP contribution in [0.4, 0.5) is 0 Å². The average Bonchev–Trinajstić information content (AvgIpc) is 3.57. The first-order chi connectivity index (χ1) is 15.7. The van der Waals surface area contributed by atoms with Crippen LogP contribution < -0.4 is 24.8 Å². The van der Waals surface area contributed by atoms with Crippen molar-refractivity contribution < 1.29 is 49.0 Å². The van der Waals surface area contributed by atoms with Gasteiger partial charge in [0.15, 0.2) is 0 Å². The molecule has 34 heavy (non-hydrogen) atoms. The molecule has 0 nitrogen and oxygen atoms in total. The van der Waals surface area contributed by atoms with Gasteiger partial charge in [0.2, 0.25) is 0 Å². The summed E-state index contributed by atoms with van der Waals surface area (Å²) in [7, 11) is 0. The molecule has 2 aromatic rings. The summed E-state index contributed by atoms with van der Waals surface area (Å²) in [6.07, 6.45) is 25.1. The van der Waals surface area contributed by atoms with Gasteiger partial charge in [0.05, 0.1) is 0 Å². The zero-order chi connectivity index (χ0) is 22.9. The summed E-state index contributed by atoms with van der Waals surface area (Å²) in [6.45, 7) is 4.44. The zero-order valence-corrected chi connectivity index (χ0v) is 24.5. The van der Waals surface area contributed by atoms with Crippen LogP contribution in [0.3, 0.4) is 0 Å². The summed E-state index contributed by atoms with van der Waals surface area (Å²) in [5, 5.41) is 0. The number of hydrogen-bond donors (Lipinski definition) is 0. The van der Waals surface area contributed by atoms with E-state index in [2.05, 4.69) is 111 Å². The van der Waals surface area contributed by atoms with Gasteiger partial charge in [-0.15, -0.1) is 12.8 Å². The van der Waals surface area contributed by atoms with Gasteiger partial charge in [-0.05, 0) is 0 Å². The number of benzene rings is 2. The molecule has 0 unspecified atom stereocenters.